The van der Waals surface area contributed by atoms with Gasteiger partial charge in [-0.25, -0.2) is 13.8 Å². The van der Waals surface area contributed by atoms with Crippen molar-refractivity contribution >= 4 is 23.2 Å². The topological polar surface area (TPSA) is 145 Å². The Morgan fingerprint density at radius 1 is 1.20 bits per heavy atom. The third-order valence-corrected chi connectivity index (χ3v) is 7.93. The molecule has 1 aliphatic rings. The minimum atomic E-state index is -1.45. The molecule has 6 rings (SSSR count). The van der Waals surface area contributed by atoms with Crippen molar-refractivity contribution in [2.45, 2.75) is 45.3 Å². The molecule has 44 heavy (non-hydrogen) atoms. The highest BCUT2D eigenvalue weighted by atomic mass is 35.5. The number of hydrogen-bond acceptors (Lipinski definition) is 8. The first kappa shape index (κ1) is 28.9. The Bertz CT molecular complexity index is 1970. The molecule has 0 fully saturated rings. The summed E-state index contributed by atoms with van der Waals surface area (Å²) in [5, 5.41) is 24.5. The van der Waals surface area contributed by atoms with Gasteiger partial charge in [0.1, 0.15) is 11.8 Å². The minimum Gasteiger partial charge on any atom is -0.464 e. The smallest absolute Gasteiger partial charge is 0.227 e. The normalized spacial score (nSPS) is 17.5. The van der Waals surface area contributed by atoms with Crippen LogP contribution < -0.4 is 10.7 Å². The Labute approximate surface area is 255 Å². The molecule has 1 aromatic carbocycles. The van der Waals surface area contributed by atoms with Gasteiger partial charge >= 0.3 is 0 Å². The van der Waals surface area contributed by atoms with Gasteiger partial charge in [-0.3, -0.25) is 14.6 Å². The average molecular weight is 613 g/mol. The SMILES string of the molecule is CC(F)n1ncc2c1-c1ccnc(c1)C(c1coc(-c3cc(Cl)ccc3-n3cc(C#N)nn3)cc1=O)CCC[C@@H](C)C(=O)N2. The van der Waals surface area contributed by atoms with Crippen LogP contribution in [0.15, 0.2) is 70.5 Å². The van der Waals surface area contributed by atoms with Gasteiger partial charge in [0.25, 0.3) is 0 Å². The van der Waals surface area contributed by atoms with E-state index in [0.717, 1.165) is 0 Å². The lowest BCUT2D eigenvalue weighted by Gasteiger charge is -2.20. The predicted molar refractivity (Wildman–Crippen MR) is 160 cm³/mol. The van der Waals surface area contributed by atoms with Crippen molar-refractivity contribution in [1.82, 2.24) is 29.8 Å². The lowest BCUT2D eigenvalue weighted by Crippen LogP contribution is -2.22. The summed E-state index contributed by atoms with van der Waals surface area (Å²) in [6.45, 7) is 3.19. The predicted octanol–water partition coefficient (Wildman–Crippen LogP) is 6.05. The van der Waals surface area contributed by atoms with Gasteiger partial charge < -0.3 is 9.73 Å². The second-order valence-corrected chi connectivity index (χ2v) is 11.1. The zero-order valence-corrected chi connectivity index (χ0v) is 24.5. The van der Waals surface area contributed by atoms with Crippen LogP contribution in [0.1, 0.15) is 62.3 Å². The average Bonchev–Trinajstić information content (AvgIpc) is 3.67. The van der Waals surface area contributed by atoms with Gasteiger partial charge in [-0.2, -0.15) is 10.4 Å². The summed E-state index contributed by atoms with van der Waals surface area (Å²) >= 11 is 6.30. The molecule has 2 bridgehead atoms. The maximum absolute atomic E-state index is 14.6. The van der Waals surface area contributed by atoms with Crippen LogP contribution in [0.3, 0.4) is 0 Å². The highest BCUT2D eigenvalue weighted by Gasteiger charge is 2.26. The van der Waals surface area contributed by atoms with E-state index in [-0.39, 0.29) is 28.7 Å². The molecule has 5 heterocycles. The van der Waals surface area contributed by atoms with Gasteiger partial charge in [-0.1, -0.05) is 30.2 Å². The Morgan fingerprint density at radius 2 is 2.05 bits per heavy atom. The zero-order chi connectivity index (χ0) is 31.0. The maximum atomic E-state index is 14.6. The largest absolute Gasteiger partial charge is 0.464 e. The van der Waals surface area contributed by atoms with Gasteiger partial charge in [-0.15, -0.1) is 5.10 Å². The number of carbonyl (C=O) groups excluding carboxylic acids is 1. The lowest BCUT2D eigenvalue weighted by molar-refractivity contribution is -0.119. The van der Waals surface area contributed by atoms with Crippen molar-refractivity contribution in [3.63, 3.8) is 0 Å². The molecule has 13 heteroatoms. The van der Waals surface area contributed by atoms with Crippen molar-refractivity contribution in [3.8, 4) is 34.3 Å². The number of fused-ring (bicyclic) bond motifs is 4. The summed E-state index contributed by atoms with van der Waals surface area (Å²) in [6, 6.07) is 11.8. The number of halogens is 2. The second-order valence-electron chi connectivity index (χ2n) is 10.7. The first-order chi connectivity index (χ1) is 21.2. The van der Waals surface area contributed by atoms with E-state index in [2.05, 4.69) is 25.7 Å². The van der Waals surface area contributed by atoms with Gasteiger partial charge in [0.15, 0.2) is 17.4 Å². The molecule has 222 valence electrons. The summed E-state index contributed by atoms with van der Waals surface area (Å²) in [5.41, 5.74) is 3.23. The van der Waals surface area contributed by atoms with Gasteiger partial charge in [0.05, 0.1) is 35.7 Å². The molecular weight excluding hydrogens is 587 g/mol. The molecule has 1 amide bonds. The van der Waals surface area contributed by atoms with Gasteiger partial charge in [0.2, 0.25) is 5.91 Å². The van der Waals surface area contributed by atoms with E-state index >= 15 is 0 Å². The molecule has 5 aromatic rings. The number of nitrogens with one attached hydrogen (secondary N) is 1. The van der Waals surface area contributed by atoms with E-state index in [1.807, 2.05) is 13.0 Å². The highest BCUT2D eigenvalue weighted by molar-refractivity contribution is 6.31. The number of nitrogens with zero attached hydrogens (tertiary/aromatic N) is 7. The zero-order valence-electron chi connectivity index (χ0n) is 23.7. The summed E-state index contributed by atoms with van der Waals surface area (Å²) in [5.74, 6) is -0.751. The van der Waals surface area contributed by atoms with E-state index in [0.29, 0.717) is 63.7 Å². The molecule has 2 unspecified atom stereocenters. The van der Waals surface area contributed by atoms with Crippen LogP contribution in [0.4, 0.5) is 10.1 Å². The van der Waals surface area contributed by atoms with Gasteiger partial charge in [0, 0.05) is 51.5 Å². The number of amides is 1. The molecule has 0 saturated heterocycles. The van der Waals surface area contributed by atoms with Crippen molar-refractivity contribution in [2.75, 3.05) is 5.32 Å². The first-order valence-corrected chi connectivity index (χ1v) is 14.4. The van der Waals surface area contributed by atoms with E-state index in [9.17, 15) is 19.2 Å². The third-order valence-electron chi connectivity index (χ3n) is 7.69. The number of benzene rings is 1. The van der Waals surface area contributed by atoms with Gasteiger partial charge in [-0.05, 0) is 50.1 Å². The van der Waals surface area contributed by atoms with Crippen molar-refractivity contribution < 1.29 is 13.6 Å². The van der Waals surface area contributed by atoms with E-state index in [1.165, 1.54) is 41.0 Å². The molecule has 0 aliphatic carbocycles. The summed E-state index contributed by atoms with van der Waals surface area (Å²) < 4.78 is 23.3. The molecule has 0 radical (unpaired) electrons. The molecule has 1 aliphatic heterocycles. The van der Waals surface area contributed by atoms with E-state index < -0.39 is 12.2 Å². The number of carbonyl (C=O) groups is 1. The number of nitriles is 1. The summed E-state index contributed by atoms with van der Waals surface area (Å²) in [4.78, 5) is 31.4. The fraction of sp³-hybridized carbons (Fsp3) is 0.258. The fourth-order valence-corrected chi connectivity index (χ4v) is 5.60. The lowest BCUT2D eigenvalue weighted by atomic mass is 9.88. The van der Waals surface area contributed by atoms with Crippen LogP contribution in [0.5, 0.6) is 0 Å². The molecule has 0 saturated carbocycles. The Kier molecular flexibility index (Phi) is 7.80. The number of pyridine rings is 1. The number of alkyl halides is 1. The Balaban J connectivity index is 1.44. The standard InChI is InChI=1S/C31H26ClFN8O3/c1-17-4-3-5-22(25-10-19(8-9-35-25)30-26(37-31(17)43)14-36-41(30)18(2)33)24-16-44-29(12-28(24)42)23-11-20(32)6-7-27(23)40-15-21(13-34)38-39-40/h6-12,14-18,22H,3-5H2,1-2H3,(H,37,43)/t17-,18?,22?/m1/s1. The molecular formula is C31H26ClFN8O3. The van der Waals surface area contributed by atoms with Crippen LogP contribution in [-0.4, -0.2) is 35.7 Å². The second kappa shape index (κ2) is 11.9. The van der Waals surface area contributed by atoms with Crippen molar-refractivity contribution in [1.29, 1.82) is 5.26 Å². The molecule has 1 N–H and O–H groups in total. The minimum absolute atomic E-state index is 0.128. The molecule has 0 spiro atoms. The third kappa shape index (κ3) is 5.49. The summed E-state index contributed by atoms with van der Waals surface area (Å²) in [7, 11) is 0. The molecule has 4 aromatic heterocycles. The van der Waals surface area contributed by atoms with E-state index in [4.69, 9.17) is 16.0 Å². The van der Waals surface area contributed by atoms with Crippen LogP contribution in [0.25, 0.3) is 28.3 Å². The number of hydrogen-bond donors (Lipinski definition) is 1. The number of anilines is 1. The Hall–Kier alpha value is -5.15. The first-order valence-electron chi connectivity index (χ1n) is 14.0. The monoisotopic (exact) mass is 612 g/mol. The van der Waals surface area contributed by atoms with E-state index in [1.54, 1.807) is 36.5 Å². The quantitative estimate of drug-likeness (QED) is 0.258. The van der Waals surface area contributed by atoms with Crippen molar-refractivity contribution in [2.24, 2.45) is 5.92 Å². The van der Waals surface area contributed by atoms with Crippen LogP contribution in [0, 0.1) is 17.2 Å². The number of aromatic nitrogens is 6. The molecule has 11 nitrogen and oxygen atoms in total. The highest BCUT2D eigenvalue weighted by Crippen LogP contribution is 2.36. The Morgan fingerprint density at radius 3 is 2.80 bits per heavy atom. The fourth-order valence-electron chi connectivity index (χ4n) is 5.43. The van der Waals surface area contributed by atoms with Crippen LogP contribution in [0.2, 0.25) is 5.02 Å². The maximum Gasteiger partial charge on any atom is 0.227 e. The number of rotatable bonds is 4. The van der Waals surface area contributed by atoms with Crippen LogP contribution in [-0.2, 0) is 4.79 Å². The summed E-state index contributed by atoms with van der Waals surface area (Å²) in [6.07, 6.45) is 6.18. The van der Waals surface area contributed by atoms with Crippen LogP contribution >= 0.6 is 11.6 Å². The van der Waals surface area contributed by atoms with Crippen molar-refractivity contribution in [3.05, 3.63) is 93.4 Å². The molecule has 3 atom stereocenters.